The fourth-order valence-corrected chi connectivity index (χ4v) is 3.14. The Bertz CT molecular complexity index is 488. The first-order valence-electron chi connectivity index (χ1n) is 7.46. The molecule has 0 bridgehead atoms. The highest BCUT2D eigenvalue weighted by Gasteiger charge is 2.20. The van der Waals surface area contributed by atoms with E-state index in [0.717, 1.165) is 44.2 Å². The Morgan fingerprint density at radius 1 is 1.43 bits per heavy atom. The van der Waals surface area contributed by atoms with Gasteiger partial charge < -0.3 is 5.32 Å². The van der Waals surface area contributed by atoms with E-state index in [9.17, 15) is 10.1 Å². The number of hydrogen-bond donors (Lipinski definition) is 1. The zero-order chi connectivity index (χ0) is 15.2. The SMILES string of the molecule is CCNCC1CCN(Cc2ccc(Br)c([N+](=O)[O-])c2)CC1. The summed E-state index contributed by atoms with van der Waals surface area (Å²) in [6.45, 7) is 7.20. The van der Waals surface area contributed by atoms with Crippen LogP contribution in [0.25, 0.3) is 0 Å². The highest BCUT2D eigenvalue weighted by Crippen LogP contribution is 2.27. The molecule has 116 valence electrons. The number of likely N-dealkylation sites (tertiary alicyclic amines) is 1. The molecule has 1 N–H and O–H groups in total. The number of nitro benzene ring substituents is 1. The van der Waals surface area contributed by atoms with Crippen LogP contribution < -0.4 is 5.32 Å². The summed E-state index contributed by atoms with van der Waals surface area (Å²) in [4.78, 5) is 13.0. The minimum absolute atomic E-state index is 0.148. The van der Waals surface area contributed by atoms with Gasteiger partial charge in [0, 0.05) is 12.6 Å². The van der Waals surface area contributed by atoms with Crippen LogP contribution in [0.1, 0.15) is 25.3 Å². The van der Waals surface area contributed by atoms with E-state index in [1.165, 1.54) is 12.8 Å². The number of benzene rings is 1. The Balaban J connectivity index is 1.89. The second-order valence-electron chi connectivity index (χ2n) is 5.57. The quantitative estimate of drug-likeness (QED) is 0.628. The molecule has 0 unspecified atom stereocenters. The van der Waals surface area contributed by atoms with Crippen molar-refractivity contribution in [2.75, 3.05) is 26.2 Å². The third kappa shape index (κ3) is 4.76. The first-order chi connectivity index (χ1) is 10.1. The lowest BCUT2D eigenvalue weighted by molar-refractivity contribution is -0.385. The second kappa shape index (κ2) is 7.87. The van der Waals surface area contributed by atoms with Crippen molar-refractivity contribution in [1.29, 1.82) is 0 Å². The molecule has 0 spiro atoms. The van der Waals surface area contributed by atoms with Gasteiger partial charge in [0.1, 0.15) is 0 Å². The number of nitrogens with one attached hydrogen (secondary N) is 1. The van der Waals surface area contributed by atoms with Crippen LogP contribution in [0, 0.1) is 16.0 Å². The Morgan fingerprint density at radius 3 is 2.76 bits per heavy atom. The molecule has 1 aromatic rings. The highest BCUT2D eigenvalue weighted by atomic mass is 79.9. The third-order valence-electron chi connectivity index (χ3n) is 4.00. The summed E-state index contributed by atoms with van der Waals surface area (Å²) in [6, 6.07) is 5.40. The van der Waals surface area contributed by atoms with E-state index in [2.05, 4.69) is 33.1 Å². The number of nitrogens with zero attached hydrogens (tertiary/aromatic N) is 2. The number of nitro groups is 1. The van der Waals surface area contributed by atoms with Crippen LogP contribution in [0.3, 0.4) is 0 Å². The number of hydrogen-bond acceptors (Lipinski definition) is 4. The first-order valence-corrected chi connectivity index (χ1v) is 8.25. The van der Waals surface area contributed by atoms with Crippen molar-refractivity contribution in [2.45, 2.75) is 26.3 Å². The predicted molar refractivity (Wildman–Crippen MR) is 87.3 cm³/mol. The van der Waals surface area contributed by atoms with Gasteiger partial charge in [0.15, 0.2) is 0 Å². The van der Waals surface area contributed by atoms with Crippen LogP contribution in [0.2, 0.25) is 0 Å². The number of rotatable bonds is 6. The molecule has 0 atom stereocenters. The van der Waals surface area contributed by atoms with Crippen LogP contribution in [0.4, 0.5) is 5.69 Å². The third-order valence-corrected chi connectivity index (χ3v) is 4.67. The van der Waals surface area contributed by atoms with Gasteiger partial charge in [-0.1, -0.05) is 13.0 Å². The van der Waals surface area contributed by atoms with Gasteiger partial charge in [-0.05, 0) is 72.5 Å². The highest BCUT2D eigenvalue weighted by molar-refractivity contribution is 9.10. The van der Waals surface area contributed by atoms with E-state index in [1.807, 2.05) is 6.07 Å². The summed E-state index contributed by atoms with van der Waals surface area (Å²) in [6.07, 6.45) is 2.40. The molecule has 1 fully saturated rings. The topological polar surface area (TPSA) is 58.4 Å². The molecule has 2 rings (SSSR count). The summed E-state index contributed by atoms with van der Waals surface area (Å²) in [5.74, 6) is 0.764. The first kappa shape index (κ1) is 16.4. The fraction of sp³-hybridized carbons (Fsp3) is 0.600. The van der Waals surface area contributed by atoms with E-state index in [0.29, 0.717) is 4.47 Å². The number of halogens is 1. The maximum Gasteiger partial charge on any atom is 0.283 e. The molecule has 0 saturated carbocycles. The summed E-state index contributed by atoms with van der Waals surface area (Å²) < 4.78 is 0.542. The van der Waals surface area contributed by atoms with Crippen molar-refractivity contribution >= 4 is 21.6 Å². The van der Waals surface area contributed by atoms with Crippen LogP contribution in [0.5, 0.6) is 0 Å². The lowest BCUT2D eigenvalue weighted by Crippen LogP contribution is -2.36. The van der Waals surface area contributed by atoms with Crippen molar-refractivity contribution < 1.29 is 4.92 Å². The van der Waals surface area contributed by atoms with Crippen molar-refractivity contribution in [1.82, 2.24) is 10.2 Å². The van der Waals surface area contributed by atoms with Gasteiger partial charge in [-0.3, -0.25) is 15.0 Å². The van der Waals surface area contributed by atoms with Crippen LogP contribution >= 0.6 is 15.9 Å². The largest absolute Gasteiger partial charge is 0.317 e. The summed E-state index contributed by atoms with van der Waals surface area (Å²) in [5.41, 5.74) is 1.16. The molecule has 0 aromatic heterocycles. The van der Waals surface area contributed by atoms with Crippen molar-refractivity contribution in [3.63, 3.8) is 0 Å². The fourth-order valence-electron chi connectivity index (χ4n) is 2.75. The van der Waals surface area contributed by atoms with Crippen molar-refractivity contribution in [3.05, 3.63) is 38.3 Å². The molecule has 1 aromatic carbocycles. The predicted octanol–water partition coefficient (Wildman–Crippen LogP) is 3.18. The average molecular weight is 356 g/mol. The molecular formula is C15H22BrN3O2. The molecular weight excluding hydrogens is 334 g/mol. The van der Waals surface area contributed by atoms with E-state index < -0.39 is 0 Å². The molecule has 5 nitrogen and oxygen atoms in total. The standard InChI is InChI=1S/C15H22BrN3O2/c1-2-17-10-12-5-7-18(8-6-12)11-13-3-4-14(16)15(9-13)19(20)21/h3-4,9,12,17H,2,5-8,10-11H2,1H3. The minimum Gasteiger partial charge on any atom is -0.317 e. The smallest absolute Gasteiger partial charge is 0.283 e. The van der Waals surface area contributed by atoms with Crippen molar-refractivity contribution in [2.24, 2.45) is 5.92 Å². The number of piperidine rings is 1. The average Bonchev–Trinajstić information content (AvgIpc) is 2.48. The van der Waals surface area contributed by atoms with Crippen molar-refractivity contribution in [3.8, 4) is 0 Å². The molecule has 1 aliphatic heterocycles. The van der Waals surface area contributed by atoms with E-state index in [-0.39, 0.29) is 10.6 Å². The second-order valence-corrected chi connectivity index (χ2v) is 6.42. The van der Waals surface area contributed by atoms with Gasteiger partial charge in [0.2, 0.25) is 0 Å². The summed E-state index contributed by atoms with van der Waals surface area (Å²) in [7, 11) is 0. The molecule has 1 saturated heterocycles. The van der Waals surface area contributed by atoms with Crippen LogP contribution in [-0.2, 0) is 6.54 Å². The van der Waals surface area contributed by atoms with Gasteiger partial charge in [-0.25, -0.2) is 0 Å². The molecule has 0 amide bonds. The molecule has 0 radical (unpaired) electrons. The van der Waals surface area contributed by atoms with E-state index in [1.54, 1.807) is 12.1 Å². The Morgan fingerprint density at radius 2 is 2.14 bits per heavy atom. The normalized spacial score (nSPS) is 17.0. The lowest BCUT2D eigenvalue weighted by Gasteiger charge is -2.32. The summed E-state index contributed by atoms with van der Waals surface area (Å²) >= 11 is 3.23. The lowest BCUT2D eigenvalue weighted by atomic mass is 9.96. The van der Waals surface area contributed by atoms with Gasteiger partial charge >= 0.3 is 0 Å². The van der Waals surface area contributed by atoms with Gasteiger partial charge in [0.05, 0.1) is 9.40 Å². The Hall–Kier alpha value is -0.980. The molecule has 6 heteroatoms. The van der Waals surface area contributed by atoms with Gasteiger partial charge in [0.25, 0.3) is 5.69 Å². The molecule has 21 heavy (non-hydrogen) atoms. The van der Waals surface area contributed by atoms with E-state index in [4.69, 9.17) is 0 Å². The zero-order valence-corrected chi connectivity index (χ0v) is 13.9. The molecule has 1 heterocycles. The maximum atomic E-state index is 11.0. The van der Waals surface area contributed by atoms with E-state index >= 15 is 0 Å². The molecule has 1 aliphatic rings. The van der Waals surface area contributed by atoms with Gasteiger partial charge in [-0.2, -0.15) is 0 Å². The monoisotopic (exact) mass is 355 g/mol. The van der Waals surface area contributed by atoms with Gasteiger partial charge in [-0.15, -0.1) is 0 Å². The van der Waals surface area contributed by atoms with Crippen LogP contribution in [-0.4, -0.2) is 36.0 Å². The summed E-state index contributed by atoms with van der Waals surface area (Å²) in [5, 5.41) is 14.4. The molecule has 0 aliphatic carbocycles. The van der Waals surface area contributed by atoms with Crippen LogP contribution in [0.15, 0.2) is 22.7 Å². The minimum atomic E-state index is -0.337. The maximum absolute atomic E-state index is 11.0. The zero-order valence-electron chi connectivity index (χ0n) is 12.3. The Kier molecular flexibility index (Phi) is 6.14. The Labute approximate surface area is 134 Å².